The van der Waals surface area contributed by atoms with Crippen LogP contribution in [0.3, 0.4) is 0 Å². The van der Waals surface area contributed by atoms with Crippen LogP contribution in [-0.4, -0.2) is 17.8 Å². The maximum absolute atomic E-state index is 11.9. The van der Waals surface area contributed by atoms with Gasteiger partial charge >= 0.3 is 0 Å². The molecule has 1 saturated heterocycles. The summed E-state index contributed by atoms with van der Waals surface area (Å²) in [5.74, 6) is 0.803. The van der Waals surface area contributed by atoms with Crippen molar-refractivity contribution in [3.05, 3.63) is 75.7 Å². The average Bonchev–Trinajstić information content (AvgIpc) is 3.00. The normalized spacial score (nSPS) is 14.8. The lowest BCUT2D eigenvalue weighted by Gasteiger charge is -2.17. The quantitative estimate of drug-likeness (QED) is 0.451. The van der Waals surface area contributed by atoms with E-state index >= 15 is 0 Å². The topological polar surface area (TPSA) is 64.6 Å². The number of carbonyl (C=O) groups excluding carboxylic acids is 2. The van der Waals surface area contributed by atoms with Gasteiger partial charge in [0.15, 0.2) is 11.5 Å². The molecule has 0 aromatic heterocycles. The Morgan fingerprint density at radius 2 is 1.93 bits per heavy atom. The largest absolute Gasteiger partial charge is 0.490 e. The summed E-state index contributed by atoms with van der Waals surface area (Å²) in [7, 11) is 0. The Balaban J connectivity index is 1.94. The number of imide groups is 1. The number of ether oxygens (including phenoxy) is 2. The highest BCUT2D eigenvalue weighted by Crippen LogP contribution is 2.36. The molecule has 1 N–H and O–H groups in total. The fraction of sp³-hybridized carbons (Fsp3) is 0.182. The van der Waals surface area contributed by atoms with Gasteiger partial charge in [-0.15, -0.1) is 6.58 Å². The van der Waals surface area contributed by atoms with Gasteiger partial charge in [-0.2, -0.15) is 0 Å². The van der Waals surface area contributed by atoms with E-state index in [2.05, 4.69) is 11.9 Å². The first-order valence-corrected chi connectivity index (χ1v) is 10.2. The summed E-state index contributed by atoms with van der Waals surface area (Å²) in [6, 6.07) is 11.1. The maximum atomic E-state index is 11.9. The molecule has 29 heavy (non-hydrogen) atoms. The highest BCUT2D eigenvalue weighted by atomic mass is 35.5. The number of rotatable bonds is 8. The van der Waals surface area contributed by atoms with Gasteiger partial charge in [0.25, 0.3) is 11.1 Å². The molecule has 0 aliphatic carbocycles. The van der Waals surface area contributed by atoms with E-state index in [0.717, 1.165) is 28.5 Å². The van der Waals surface area contributed by atoms with Crippen molar-refractivity contribution in [1.29, 1.82) is 0 Å². The summed E-state index contributed by atoms with van der Waals surface area (Å²) in [6.07, 6.45) is 4.01. The monoisotopic (exact) mass is 429 g/mol. The van der Waals surface area contributed by atoms with Gasteiger partial charge in [-0.1, -0.05) is 29.8 Å². The molecule has 0 saturated carbocycles. The molecule has 0 spiro atoms. The third-order valence-corrected chi connectivity index (χ3v) is 5.12. The number of halogens is 1. The second kappa shape index (κ2) is 9.67. The number of benzene rings is 2. The van der Waals surface area contributed by atoms with E-state index in [1.807, 2.05) is 37.3 Å². The molecular weight excluding hydrogens is 410 g/mol. The van der Waals surface area contributed by atoms with Crippen LogP contribution in [0.2, 0.25) is 5.02 Å². The van der Waals surface area contributed by atoms with E-state index in [0.29, 0.717) is 41.1 Å². The Bertz CT molecular complexity index is 970. The summed E-state index contributed by atoms with van der Waals surface area (Å²) in [4.78, 5) is 23.6. The van der Waals surface area contributed by atoms with Crippen LogP contribution in [0.5, 0.6) is 11.5 Å². The van der Waals surface area contributed by atoms with Crippen molar-refractivity contribution in [3.8, 4) is 11.5 Å². The lowest BCUT2D eigenvalue weighted by Crippen LogP contribution is -2.17. The van der Waals surface area contributed by atoms with Crippen LogP contribution >= 0.6 is 23.4 Å². The number of hydrogen-bond donors (Lipinski definition) is 1. The Morgan fingerprint density at radius 3 is 2.55 bits per heavy atom. The van der Waals surface area contributed by atoms with Crippen molar-refractivity contribution < 1.29 is 19.1 Å². The highest BCUT2D eigenvalue weighted by Gasteiger charge is 2.25. The van der Waals surface area contributed by atoms with Gasteiger partial charge < -0.3 is 9.47 Å². The van der Waals surface area contributed by atoms with Crippen molar-refractivity contribution in [2.45, 2.75) is 20.0 Å². The first-order valence-electron chi connectivity index (χ1n) is 9.03. The molecule has 2 amide bonds. The first-order chi connectivity index (χ1) is 14.0. The van der Waals surface area contributed by atoms with Crippen LogP contribution in [0, 0.1) is 0 Å². The molecule has 3 rings (SSSR count). The van der Waals surface area contributed by atoms with Gasteiger partial charge in [0.1, 0.15) is 6.61 Å². The zero-order valence-electron chi connectivity index (χ0n) is 15.9. The minimum absolute atomic E-state index is 0.344. The third-order valence-electron chi connectivity index (χ3n) is 4.05. The minimum Gasteiger partial charge on any atom is -0.490 e. The van der Waals surface area contributed by atoms with Crippen molar-refractivity contribution in [3.63, 3.8) is 0 Å². The molecule has 5 nitrogen and oxygen atoms in total. The minimum atomic E-state index is -0.397. The number of hydrogen-bond acceptors (Lipinski definition) is 5. The summed E-state index contributed by atoms with van der Waals surface area (Å²) in [6.45, 7) is 6.52. The molecule has 1 heterocycles. The fourth-order valence-electron chi connectivity index (χ4n) is 2.81. The number of nitrogens with one attached hydrogen (secondary N) is 1. The van der Waals surface area contributed by atoms with Gasteiger partial charge in [-0.05, 0) is 66.6 Å². The number of allylic oxidation sites excluding steroid dienone is 1. The highest BCUT2D eigenvalue weighted by molar-refractivity contribution is 8.18. The second-order valence-electron chi connectivity index (χ2n) is 6.20. The SMILES string of the molecule is C=CCc1cc(/C=C2\SC(=O)NC2=O)cc(OCC)c1OCc1ccc(Cl)cc1. The molecule has 150 valence electrons. The van der Waals surface area contributed by atoms with Crippen LogP contribution in [0.1, 0.15) is 23.6 Å². The standard InChI is InChI=1S/C22H20ClNO4S/c1-3-5-16-10-15(12-19-21(25)24-22(26)29-19)11-18(27-4-2)20(16)28-13-14-6-8-17(23)9-7-14/h3,6-12H,1,4-5,13H2,2H3,(H,24,25,26)/b19-12-. The lowest BCUT2D eigenvalue weighted by molar-refractivity contribution is -0.115. The number of thioether (sulfide) groups is 1. The molecule has 1 fully saturated rings. The average molecular weight is 430 g/mol. The maximum Gasteiger partial charge on any atom is 0.290 e. The van der Waals surface area contributed by atoms with E-state index < -0.39 is 5.91 Å². The first kappa shape index (κ1) is 21.0. The van der Waals surface area contributed by atoms with Crippen LogP contribution in [0.15, 0.2) is 54.0 Å². The fourth-order valence-corrected chi connectivity index (χ4v) is 3.62. The van der Waals surface area contributed by atoms with E-state index in [4.69, 9.17) is 21.1 Å². The van der Waals surface area contributed by atoms with Gasteiger partial charge in [-0.25, -0.2) is 0 Å². The van der Waals surface area contributed by atoms with Gasteiger partial charge in [0, 0.05) is 10.6 Å². The Labute approximate surface area is 178 Å². The Kier molecular flexibility index (Phi) is 7.01. The summed E-state index contributed by atoms with van der Waals surface area (Å²) >= 11 is 6.82. The van der Waals surface area contributed by atoms with E-state index in [-0.39, 0.29) is 5.24 Å². The molecule has 2 aromatic carbocycles. The Hall–Kier alpha value is -2.70. The number of amides is 2. The second-order valence-corrected chi connectivity index (χ2v) is 7.65. The van der Waals surface area contributed by atoms with Crippen molar-refractivity contribution in [2.75, 3.05) is 6.61 Å². The van der Waals surface area contributed by atoms with Gasteiger partial charge in [0.05, 0.1) is 11.5 Å². The molecule has 0 atom stereocenters. The van der Waals surface area contributed by atoms with Gasteiger partial charge in [-0.3, -0.25) is 14.9 Å². The zero-order valence-corrected chi connectivity index (χ0v) is 17.4. The molecule has 0 unspecified atom stereocenters. The van der Waals surface area contributed by atoms with E-state index in [1.165, 1.54) is 0 Å². The van der Waals surface area contributed by atoms with Crippen LogP contribution < -0.4 is 14.8 Å². The Morgan fingerprint density at radius 1 is 1.17 bits per heavy atom. The smallest absolute Gasteiger partial charge is 0.290 e. The molecular formula is C22H20ClNO4S. The summed E-state index contributed by atoms with van der Waals surface area (Å²) in [5, 5.41) is 2.55. The lowest BCUT2D eigenvalue weighted by atomic mass is 10.0. The summed E-state index contributed by atoms with van der Waals surface area (Å²) in [5.41, 5.74) is 2.60. The number of carbonyl (C=O) groups is 2. The van der Waals surface area contributed by atoms with Crippen molar-refractivity contribution in [2.24, 2.45) is 0 Å². The molecule has 0 radical (unpaired) electrons. The molecule has 1 aliphatic rings. The predicted octanol–water partition coefficient (Wildman–Crippen LogP) is 5.37. The van der Waals surface area contributed by atoms with Crippen LogP contribution in [0.25, 0.3) is 6.08 Å². The summed E-state index contributed by atoms with van der Waals surface area (Å²) < 4.78 is 11.9. The molecule has 1 aliphatic heterocycles. The van der Waals surface area contributed by atoms with Crippen molar-refractivity contribution in [1.82, 2.24) is 5.32 Å². The molecule has 0 bridgehead atoms. The molecule has 2 aromatic rings. The van der Waals surface area contributed by atoms with Crippen molar-refractivity contribution >= 4 is 40.6 Å². The predicted molar refractivity (Wildman–Crippen MR) is 116 cm³/mol. The van der Waals surface area contributed by atoms with Crippen LogP contribution in [0.4, 0.5) is 4.79 Å². The van der Waals surface area contributed by atoms with E-state index in [9.17, 15) is 9.59 Å². The van der Waals surface area contributed by atoms with Gasteiger partial charge in [0.2, 0.25) is 0 Å². The third kappa shape index (κ3) is 5.43. The van der Waals surface area contributed by atoms with Crippen LogP contribution in [-0.2, 0) is 17.8 Å². The molecule has 7 heteroatoms. The zero-order chi connectivity index (χ0) is 20.8. The van der Waals surface area contributed by atoms with E-state index in [1.54, 1.807) is 18.2 Å².